The Morgan fingerprint density at radius 1 is 1.08 bits per heavy atom. The van der Waals surface area contributed by atoms with Crippen LogP contribution in [0.15, 0.2) is 59.6 Å². The van der Waals surface area contributed by atoms with Gasteiger partial charge in [-0.25, -0.2) is 4.98 Å². The third kappa shape index (κ3) is 1.94. The molecule has 3 aromatic rings. The van der Waals surface area contributed by atoms with Crippen LogP contribution in [0.25, 0.3) is 10.9 Å². The Morgan fingerprint density at radius 3 is 2.79 bits per heavy atom. The first-order valence-electron chi connectivity index (χ1n) is 8.53. The standard InChI is InChI=1S/C21H20N2S/c1-21(2)15-8-4-6-10-18(15)22-19-14-11-13-7-3-5-9-17(13)23-20(14)24-12-16(19)21/h3-11,16,19,22H,12H2,1-2H3/t16-,19-/m1/s1. The Labute approximate surface area is 146 Å². The number of fused-ring (bicyclic) bond motifs is 5. The first-order valence-corrected chi connectivity index (χ1v) is 9.52. The van der Waals surface area contributed by atoms with Crippen LogP contribution in [0.5, 0.6) is 0 Å². The van der Waals surface area contributed by atoms with E-state index in [2.05, 4.69) is 73.8 Å². The molecule has 1 N–H and O–H groups in total. The van der Waals surface area contributed by atoms with Crippen LogP contribution in [0.2, 0.25) is 0 Å². The average Bonchev–Trinajstić information content (AvgIpc) is 2.60. The van der Waals surface area contributed by atoms with E-state index in [0.717, 1.165) is 11.3 Å². The van der Waals surface area contributed by atoms with Gasteiger partial charge in [-0.1, -0.05) is 50.2 Å². The minimum atomic E-state index is 0.156. The van der Waals surface area contributed by atoms with Gasteiger partial charge in [0.15, 0.2) is 0 Å². The molecule has 0 aliphatic carbocycles. The first-order chi connectivity index (χ1) is 11.6. The molecule has 2 aliphatic rings. The largest absolute Gasteiger partial charge is 0.378 e. The van der Waals surface area contributed by atoms with E-state index in [1.807, 2.05) is 11.8 Å². The zero-order chi connectivity index (χ0) is 16.3. The summed E-state index contributed by atoms with van der Waals surface area (Å²) in [6.07, 6.45) is 0. The highest BCUT2D eigenvalue weighted by Gasteiger charge is 2.45. The highest BCUT2D eigenvalue weighted by Crippen LogP contribution is 2.53. The molecule has 0 amide bonds. The van der Waals surface area contributed by atoms with Crippen LogP contribution >= 0.6 is 11.8 Å². The van der Waals surface area contributed by atoms with Crippen LogP contribution < -0.4 is 5.32 Å². The van der Waals surface area contributed by atoms with Gasteiger partial charge in [-0.3, -0.25) is 0 Å². The number of anilines is 1. The quantitative estimate of drug-likeness (QED) is 0.596. The summed E-state index contributed by atoms with van der Waals surface area (Å²) in [5.41, 5.74) is 5.32. The molecule has 2 aliphatic heterocycles. The molecule has 0 radical (unpaired) electrons. The molecule has 0 unspecified atom stereocenters. The Hall–Kier alpha value is -2.00. The Bertz CT molecular complexity index is 947. The molecule has 1 aromatic heterocycles. The van der Waals surface area contributed by atoms with Crippen LogP contribution in [-0.4, -0.2) is 10.7 Å². The van der Waals surface area contributed by atoms with Gasteiger partial charge in [-0.2, -0.15) is 0 Å². The van der Waals surface area contributed by atoms with Crippen molar-refractivity contribution in [1.82, 2.24) is 4.98 Å². The number of hydrogen-bond acceptors (Lipinski definition) is 3. The first kappa shape index (κ1) is 14.4. The molecule has 3 heteroatoms. The van der Waals surface area contributed by atoms with Gasteiger partial charge in [0.25, 0.3) is 0 Å². The van der Waals surface area contributed by atoms with Crippen LogP contribution in [0, 0.1) is 5.92 Å². The zero-order valence-electron chi connectivity index (χ0n) is 13.9. The van der Waals surface area contributed by atoms with Crippen LogP contribution in [0.3, 0.4) is 0 Å². The summed E-state index contributed by atoms with van der Waals surface area (Å²) in [7, 11) is 0. The fourth-order valence-corrected chi connectivity index (χ4v) is 5.74. The number of pyridine rings is 1. The van der Waals surface area contributed by atoms with Crippen molar-refractivity contribution >= 4 is 28.4 Å². The SMILES string of the molecule is CC1(C)c2ccccc2N[C@@H]2c3cc4ccccc4nc3SC[C@H]21. The number of aromatic nitrogens is 1. The summed E-state index contributed by atoms with van der Waals surface area (Å²) in [5.74, 6) is 1.67. The number of nitrogens with zero attached hydrogens (tertiary/aromatic N) is 1. The molecule has 2 nitrogen and oxygen atoms in total. The molecule has 0 saturated carbocycles. The lowest BCUT2D eigenvalue weighted by molar-refractivity contribution is 0.292. The monoisotopic (exact) mass is 332 g/mol. The molecule has 5 rings (SSSR count). The molecule has 0 bridgehead atoms. The topological polar surface area (TPSA) is 24.9 Å². The summed E-state index contributed by atoms with van der Waals surface area (Å²) in [6.45, 7) is 4.79. The lowest BCUT2D eigenvalue weighted by atomic mass is 9.66. The molecule has 24 heavy (non-hydrogen) atoms. The second-order valence-electron chi connectivity index (χ2n) is 7.38. The third-order valence-electron chi connectivity index (χ3n) is 5.71. The maximum Gasteiger partial charge on any atom is 0.102 e. The molecular formula is C21H20N2S. The Morgan fingerprint density at radius 2 is 1.88 bits per heavy atom. The van der Waals surface area contributed by atoms with Crippen molar-refractivity contribution in [3.63, 3.8) is 0 Å². The summed E-state index contributed by atoms with van der Waals surface area (Å²) >= 11 is 1.92. The average molecular weight is 332 g/mol. The van der Waals surface area contributed by atoms with Crippen LogP contribution in [0.1, 0.15) is 31.0 Å². The minimum Gasteiger partial charge on any atom is -0.378 e. The summed E-state index contributed by atoms with van der Waals surface area (Å²) in [4.78, 5) is 4.93. The minimum absolute atomic E-state index is 0.156. The normalized spacial score (nSPS) is 23.8. The number of thioether (sulfide) groups is 1. The molecule has 0 saturated heterocycles. The second-order valence-corrected chi connectivity index (χ2v) is 8.39. The smallest absolute Gasteiger partial charge is 0.102 e. The van der Waals surface area contributed by atoms with Gasteiger partial charge in [0, 0.05) is 28.3 Å². The van der Waals surface area contributed by atoms with E-state index in [9.17, 15) is 0 Å². The summed E-state index contributed by atoms with van der Waals surface area (Å²) < 4.78 is 0. The van der Waals surface area contributed by atoms with Crippen molar-refractivity contribution in [3.8, 4) is 0 Å². The zero-order valence-corrected chi connectivity index (χ0v) is 14.7. The van der Waals surface area contributed by atoms with E-state index in [1.54, 1.807) is 0 Å². The van der Waals surface area contributed by atoms with E-state index in [-0.39, 0.29) is 5.41 Å². The van der Waals surface area contributed by atoms with Crippen molar-refractivity contribution < 1.29 is 0 Å². The lowest BCUT2D eigenvalue weighted by Crippen LogP contribution is -2.44. The molecule has 2 atom stereocenters. The number of hydrogen-bond donors (Lipinski definition) is 1. The van der Waals surface area contributed by atoms with Gasteiger partial charge < -0.3 is 5.32 Å². The predicted octanol–water partition coefficient (Wildman–Crippen LogP) is 5.40. The maximum atomic E-state index is 4.93. The summed E-state index contributed by atoms with van der Waals surface area (Å²) in [6, 6.07) is 19.9. The Balaban J connectivity index is 1.70. The predicted molar refractivity (Wildman–Crippen MR) is 102 cm³/mol. The lowest BCUT2D eigenvalue weighted by Gasteiger charge is -2.48. The highest BCUT2D eigenvalue weighted by molar-refractivity contribution is 7.99. The highest BCUT2D eigenvalue weighted by atomic mass is 32.2. The van der Waals surface area contributed by atoms with Crippen LogP contribution in [-0.2, 0) is 5.41 Å². The fourth-order valence-electron chi connectivity index (χ4n) is 4.28. The fraction of sp³-hybridized carbons (Fsp3) is 0.286. The van der Waals surface area contributed by atoms with Crippen molar-refractivity contribution in [2.45, 2.75) is 30.3 Å². The van der Waals surface area contributed by atoms with Gasteiger partial charge in [0.05, 0.1) is 11.6 Å². The van der Waals surface area contributed by atoms with Gasteiger partial charge in [-0.05, 0) is 29.2 Å². The van der Waals surface area contributed by atoms with Crippen LogP contribution in [0.4, 0.5) is 5.69 Å². The van der Waals surface area contributed by atoms with Gasteiger partial charge >= 0.3 is 0 Å². The molecule has 2 aromatic carbocycles. The Kier molecular flexibility index (Phi) is 2.99. The third-order valence-corrected chi connectivity index (χ3v) is 6.84. The molecule has 0 fully saturated rings. The number of nitrogens with one attached hydrogen (secondary N) is 1. The number of rotatable bonds is 0. The van der Waals surface area contributed by atoms with E-state index in [0.29, 0.717) is 12.0 Å². The maximum absolute atomic E-state index is 4.93. The molecule has 120 valence electrons. The van der Waals surface area contributed by atoms with Crippen molar-refractivity contribution in [2.75, 3.05) is 11.1 Å². The molecule has 0 spiro atoms. The summed E-state index contributed by atoms with van der Waals surface area (Å²) in [5, 5.41) is 6.25. The van der Waals surface area contributed by atoms with E-state index >= 15 is 0 Å². The van der Waals surface area contributed by atoms with E-state index in [4.69, 9.17) is 4.98 Å². The number of benzene rings is 2. The van der Waals surface area contributed by atoms with Gasteiger partial charge in [0.1, 0.15) is 5.03 Å². The number of para-hydroxylation sites is 2. The molecule has 3 heterocycles. The van der Waals surface area contributed by atoms with E-state index in [1.165, 1.54) is 27.2 Å². The van der Waals surface area contributed by atoms with Crippen molar-refractivity contribution in [3.05, 3.63) is 65.7 Å². The van der Waals surface area contributed by atoms with Gasteiger partial charge in [-0.15, -0.1) is 11.8 Å². The van der Waals surface area contributed by atoms with E-state index < -0.39 is 0 Å². The molecular weight excluding hydrogens is 312 g/mol. The van der Waals surface area contributed by atoms with Gasteiger partial charge in [0.2, 0.25) is 0 Å². The second kappa shape index (κ2) is 5.00. The van der Waals surface area contributed by atoms with Crippen molar-refractivity contribution in [1.29, 1.82) is 0 Å². The van der Waals surface area contributed by atoms with Crippen molar-refractivity contribution in [2.24, 2.45) is 5.92 Å².